The molecule has 0 saturated heterocycles. The van der Waals surface area contributed by atoms with Gasteiger partial charge in [-0.05, 0) is 24.6 Å². The van der Waals surface area contributed by atoms with Crippen molar-refractivity contribution in [1.82, 2.24) is 0 Å². The molecule has 1 aromatic rings. The Morgan fingerprint density at radius 1 is 1.47 bits per heavy atom. The average molecular weight is 261 g/mol. The lowest BCUT2D eigenvalue weighted by Gasteiger charge is -2.25. The summed E-state index contributed by atoms with van der Waals surface area (Å²) in [4.78, 5) is 13.0. The van der Waals surface area contributed by atoms with Crippen LogP contribution in [0.2, 0.25) is 0 Å². The first-order chi connectivity index (χ1) is 9.08. The Bertz CT molecular complexity index is 480. The third kappa shape index (κ3) is 4.60. The minimum Gasteiger partial charge on any atom is -0.395 e. The van der Waals surface area contributed by atoms with Gasteiger partial charge in [-0.1, -0.05) is 6.07 Å². The molecular formula is C14H19N3O2. The van der Waals surface area contributed by atoms with Gasteiger partial charge in [-0.15, -0.1) is 0 Å². The van der Waals surface area contributed by atoms with Gasteiger partial charge in [-0.3, -0.25) is 4.79 Å². The number of aryl methyl sites for hydroxylation is 1. The smallest absolute Gasteiger partial charge is 0.221 e. The predicted molar refractivity (Wildman–Crippen MR) is 75.0 cm³/mol. The number of carbonyl (C=O) groups excluding carboxylic acids is 1. The quantitative estimate of drug-likeness (QED) is 0.816. The number of nitrogens with zero attached hydrogens (tertiary/aromatic N) is 2. The molecule has 19 heavy (non-hydrogen) atoms. The highest BCUT2D eigenvalue weighted by Crippen LogP contribution is 2.24. The number of rotatable bonds is 6. The molecule has 0 unspecified atom stereocenters. The van der Waals surface area contributed by atoms with E-state index in [1.165, 1.54) is 6.92 Å². The highest BCUT2D eigenvalue weighted by atomic mass is 16.3. The van der Waals surface area contributed by atoms with Crippen molar-refractivity contribution in [2.45, 2.75) is 20.3 Å². The van der Waals surface area contributed by atoms with E-state index in [-0.39, 0.29) is 12.5 Å². The standard InChI is InChI=1S/C14H19N3O2/c1-11-4-5-13(16-12(2)19)10-14(11)17(8-9-18)7-3-6-15/h4-5,10,18H,3,7-9H2,1-2H3,(H,16,19). The number of aliphatic hydroxyl groups is 1. The van der Waals surface area contributed by atoms with Gasteiger partial charge >= 0.3 is 0 Å². The van der Waals surface area contributed by atoms with Gasteiger partial charge in [0.2, 0.25) is 5.91 Å². The molecule has 1 aromatic carbocycles. The van der Waals surface area contributed by atoms with Gasteiger partial charge in [-0.25, -0.2) is 0 Å². The largest absolute Gasteiger partial charge is 0.395 e. The lowest BCUT2D eigenvalue weighted by atomic mass is 10.1. The van der Waals surface area contributed by atoms with Crippen LogP contribution in [0, 0.1) is 18.3 Å². The van der Waals surface area contributed by atoms with Crippen molar-refractivity contribution in [1.29, 1.82) is 5.26 Å². The number of carbonyl (C=O) groups is 1. The summed E-state index contributed by atoms with van der Waals surface area (Å²) in [6, 6.07) is 7.71. The monoisotopic (exact) mass is 261 g/mol. The number of anilines is 2. The van der Waals surface area contributed by atoms with Crippen LogP contribution in [-0.4, -0.2) is 30.7 Å². The van der Waals surface area contributed by atoms with Crippen LogP contribution in [0.15, 0.2) is 18.2 Å². The van der Waals surface area contributed by atoms with E-state index in [1.54, 1.807) is 0 Å². The molecule has 0 fully saturated rings. The second-order valence-corrected chi connectivity index (χ2v) is 4.30. The van der Waals surface area contributed by atoms with E-state index in [2.05, 4.69) is 11.4 Å². The van der Waals surface area contributed by atoms with Crippen LogP contribution in [0.3, 0.4) is 0 Å². The van der Waals surface area contributed by atoms with E-state index in [1.807, 2.05) is 30.0 Å². The van der Waals surface area contributed by atoms with Crippen molar-refractivity contribution < 1.29 is 9.90 Å². The summed E-state index contributed by atoms with van der Waals surface area (Å²) >= 11 is 0. The SMILES string of the molecule is CC(=O)Nc1ccc(C)c(N(CCO)CCC#N)c1. The Balaban J connectivity index is 2.99. The summed E-state index contributed by atoms with van der Waals surface area (Å²) in [7, 11) is 0. The van der Waals surface area contributed by atoms with Crippen molar-refractivity contribution in [3.63, 3.8) is 0 Å². The van der Waals surface area contributed by atoms with Crippen molar-refractivity contribution in [2.75, 3.05) is 29.9 Å². The van der Waals surface area contributed by atoms with E-state index in [9.17, 15) is 4.79 Å². The van der Waals surface area contributed by atoms with Crippen molar-refractivity contribution in [2.24, 2.45) is 0 Å². The maximum Gasteiger partial charge on any atom is 0.221 e. The predicted octanol–water partition coefficient (Wildman–Crippen LogP) is 1.67. The zero-order valence-electron chi connectivity index (χ0n) is 11.3. The minimum atomic E-state index is -0.125. The Kier molecular flexibility index (Phi) is 5.83. The number of amides is 1. The molecular weight excluding hydrogens is 242 g/mol. The van der Waals surface area contributed by atoms with Gasteiger partial charge in [0.1, 0.15) is 0 Å². The van der Waals surface area contributed by atoms with E-state index in [0.717, 1.165) is 11.3 Å². The fraction of sp³-hybridized carbons (Fsp3) is 0.429. The Morgan fingerprint density at radius 2 is 2.21 bits per heavy atom. The van der Waals surface area contributed by atoms with E-state index < -0.39 is 0 Å². The summed E-state index contributed by atoms with van der Waals surface area (Å²) in [6.45, 7) is 4.47. The summed E-state index contributed by atoms with van der Waals surface area (Å²) in [5.41, 5.74) is 2.68. The Hall–Kier alpha value is -2.06. The van der Waals surface area contributed by atoms with Crippen molar-refractivity contribution >= 4 is 17.3 Å². The number of nitrogens with one attached hydrogen (secondary N) is 1. The lowest BCUT2D eigenvalue weighted by Crippen LogP contribution is -2.28. The van der Waals surface area contributed by atoms with Crippen LogP contribution in [0.4, 0.5) is 11.4 Å². The molecule has 0 aliphatic carbocycles. The second-order valence-electron chi connectivity index (χ2n) is 4.30. The molecule has 0 radical (unpaired) electrons. The zero-order chi connectivity index (χ0) is 14.3. The molecule has 5 heteroatoms. The molecule has 0 bridgehead atoms. The van der Waals surface area contributed by atoms with Crippen LogP contribution in [0.5, 0.6) is 0 Å². The third-order valence-electron chi connectivity index (χ3n) is 2.73. The van der Waals surface area contributed by atoms with Gasteiger partial charge in [0, 0.05) is 31.4 Å². The van der Waals surface area contributed by atoms with E-state index in [0.29, 0.717) is 25.2 Å². The number of hydrogen-bond donors (Lipinski definition) is 2. The van der Waals surface area contributed by atoms with Crippen LogP contribution < -0.4 is 10.2 Å². The first kappa shape index (κ1) is 15.0. The highest BCUT2D eigenvalue weighted by molar-refractivity contribution is 5.89. The first-order valence-corrected chi connectivity index (χ1v) is 6.19. The van der Waals surface area contributed by atoms with E-state index >= 15 is 0 Å². The summed E-state index contributed by atoms with van der Waals surface area (Å²) in [5, 5.41) is 20.5. The summed E-state index contributed by atoms with van der Waals surface area (Å²) in [6.07, 6.45) is 0.393. The normalized spacial score (nSPS) is 9.79. The van der Waals surface area contributed by atoms with Crippen molar-refractivity contribution in [3.05, 3.63) is 23.8 Å². The summed E-state index contributed by atoms with van der Waals surface area (Å²) < 4.78 is 0. The van der Waals surface area contributed by atoms with Crippen LogP contribution >= 0.6 is 0 Å². The van der Waals surface area contributed by atoms with Crippen LogP contribution in [0.1, 0.15) is 18.9 Å². The summed E-state index contributed by atoms with van der Waals surface area (Å²) in [5.74, 6) is -0.125. The number of nitriles is 1. The maximum absolute atomic E-state index is 11.1. The van der Waals surface area contributed by atoms with Crippen molar-refractivity contribution in [3.8, 4) is 6.07 Å². The molecule has 0 aliphatic heterocycles. The maximum atomic E-state index is 11.1. The number of benzene rings is 1. The van der Waals surface area contributed by atoms with Gasteiger partial charge in [-0.2, -0.15) is 5.26 Å². The Labute approximate surface area is 113 Å². The first-order valence-electron chi connectivity index (χ1n) is 6.19. The Morgan fingerprint density at radius 3 is 2.79 bits per heavy atom. The van der Waals surface area contributed by atoms with Gasteiger partial charge in [0.25, 0.3) is 0 Å². The lowest BCUT2D eigenvalue weighted by molar-refractivity contribution is -0.114. The molecule has 0 atom stereocenters. The number of hydrogen-bond acceptors (Lipinski definition) is 4. The fourth-order valence-electron chi connectivity index (χ4n) is 1.89. The molecule has 0 heterocycles. The second kappa shape index (κ2) is 7.39. The number of aliphatic hydroxyl groups excluding tert-OH is 1. The topological polar surface area (TPSA) is 76.4 Å². The fourth-order valence-corrected chi connectivity index (χ4v) is 1.89. The average Bonchev–Trinajstić information content (AvgIpc) is 2.36. The molecule has 2 N–H and O–H groups in total. The highest BCUT2D eigenvalue weighted by Gasteiger charge is 2.10. The van der Waals surface area contributed by atoms with Crippen LogP contribution in [0.25, 0.3) is 0 Å². The molecule has 5 nitrogen and oxygen atoms in total. The van der Waals surface area contributed by atoms with E-state index in [4.69, 9.17) is 10.4 Å². The molecule has 102 valence electrons. The molecule has 0 spiro atoms. The molecule has 0 aliphatic rings. The third-order valence-corrected chi connectivity index (χ3v) is 2.73. The van der Waals surface area contributed by atoms with Crippen LogP contribution in [-0.2, 0) is 4.79 Å². The van der Waals surface area contributed by atoms with Gasteiger partial charge in [0.15, 0.2) is 0 Å². The molecule has 0 saturated carbocycles. The van der Waals surface area contributed by atoms with Gasteiger partial charge in [0.05, 0.1) is 19.1 Å². The minimum absolute atomic E-state index is 0.0230. The molecule has 0 aromatic heterocycles. The molecule has 1 rings (SSSR count). The van der Waals surface area contributed by atoms with Gasteiger partial charge < -0.3 is 15.3 Å². The molecule has 1 amide bonds. The zero-order valence-corrected chi connectivity index (χ0v) is 11.3.